The molecule has 0 bridgehead atoms. The molecule has 0 unspecified atom stereocenters. The maximum absolute atomic E-state index is 11.6. The molecule has 0 rings (SSSR count). The lowest BCUT2D eigenvalue weighted by Gasteiger charge is -2.21. The van der Waals surface area contributed by atoms with Crippen LogP contribution in [0.1, 0.15) is 13.8 Å². The van der Waals surface area contributed by atoms with Crippen LogP contribution in [-0.4, -0.2) is 51.6 Å². The molecule has 6 nitrogen and oxygen atoms in total. The van der Waals surface area contributed by atoms with Gasteiger partial charge in [0.05, 0.1) is 11.2 Å². The van der Waals surface area contributed by atoms with Gasteiger partial charge in [0, 0.05) is 27.2 Å². The summed E-state index contributed by atoms with van der Waals surface area (Å²) in [6.45, 7) is 3.74. The van der Waals surface area contributed by atoms with Crippen molar-refractivity contribution in [1.82, 2.24) is 9.62 Å². The fraction of sp³-hybridized carbons (Fsp3) is 0.889. The van der Waals surface area contributed by atoms with E-state index in [2.05, 4.69) is 5.32 Å². The third-order valence-corrected chi connectivity index (χ3v) is 4.16. The number of carbonyl (C=O) groups excluding carboxylic acids is 1. The van der Waals surface area contributed by atoms with Crippen LogP contribution in [0.15, 0.2) is 0 Å². The molecule has 0 radical (unpaired) electrons. The Morgan fingerprint density at radius 1 is 1.38 bits per heavy atom. The largest absolute Gasteiger partial charge is 0.355 e. The number of nitrogens with zero attached hydrogens (tertiary/aromatic N) is 1. The highest BCUT2D eigenvalue weighted by atomic mass is 32.2. The Balaban J connectivity index is 4.16. The number of rotatable bonds is 6. The Morgan fingerprint density at radius 3 is 2.25 bits per heavy atom. The third-order valence-electron chi connectivity index (χ3n) is 2.33. The van der Waals surface area contributed by atoms with E-state index in [-0.39, 0.29) is 24.7 Å². The monoisotopic (exact) mass is 251 g/mol. The van der Waals surface area contributed by atoms with E-state index >= 15 is 0 Å². The first-order chi connectivity index (χ1) is 7.13. The SMILES string of the molecule is CN(C)S(=O)(=O)CCNC(=O)C(C)(C)CN. The highest BCUT2D eigenvalue weighted by Crippen LogP contribution is 2.11. The van der Waals surface area contributed by atoms with E-state index in [0.29, 0.717) is 0 Å². The molecule has 3 N–H and O–H groups in total. The lowest BCUT2D eigenvalue weighted by atomic mass is 9.93. The zero-order valence-corrected chi connectivity index (χ0v) is 11.1. The van der Waals surface area contributed by atoms with Crippen molar-refractivity contribution in [2.24, 2.45) is 11.1 Å². The van der Waals surface area contributed by atoms with E-state index in [9.17, 15) is 13.2 Å². The van der Waals surface area contributed by atoms with Gasteiger partial charge in [0.1, 0.15) is 0 Å². The Labute approximate surface area is 97.2 Å². The number of nitrogens with one attached hydrogen (secondary N) is 1. The lowest BCUT2D eigenvalue weighted by molar-refractivity contribution is -0.128. The minimum Gasteiger partial charge on any atom is -0.355 e. The van der Waals surface area contributed by atoms with E-state index in [1.165, 1.54) is 14.1 Å². The molecule has 0 heterocycles. The molecule has 0 aliphatic heterocycles. The van der Waals surface area contributed by atoms with Crippen molar-refractivity contribution in [3.05, 3.63) is 0 Å². The Morgan fingerprint density at radius 2 is 1.88 bits per heavy atom. The van der Waals surface area contributed by atoms with Crippen LogP contribution < -0.4 is 11.1 Å². The Bertz CT molecular complexity index is 336. The van der Waals surface area contributed by atoms with Crippen LogP contribution in [0.4, 0.5) is 0 Å². The summed E-state index contributed by atoms with van der Waals surface area (Å²) in [5.74, 6) is -0.337. The maximum Gasteiger partial charge on any atom is 0.226 e. The smallest absolute Gasteiger partial charge is 0.226 e. The molecule has 0 aliphatic carbocycles. The molecule has 1 amide bonds. The summed E-state index contributed by atoms with van der Waals surface area (Å²) in [5.41, 5.74) is 4.76. The van der Waals surface area contributed by atoms with Crippen molar-refractivity contribution in [3.8, 4) is 0 Å². The highest BCUT2D eigenvalue weighted by molar-refractivity contribution is 7.89. The molecule has 7 heteroatoms. The van der Waals surface area contributed by atoms with Gasteiger partial charge in [0.15, 0.2) is 0 Å². The van der Waals surface area contributed by atoms with E-state index < -0.39 is 15.4 Å². The second-order valence-corrected chi connectivity index (χ2v) is 6.74. The molecule has 0 saturated carbocycles. The second-order valence-electron chi connectivity index (χ2n) is 4.44. The predicted octanol–water partition coefficient (Wildman–Crippen LogP) is -1.02. The molecule has 0 atom stereocenters. The summed E-state index contributed by atoms with van der Waals surface area (Å²) in [5, 5.41) is 2.56. The normalized spacial score (nSPS) is 12.9. The van der Waals surface area contributed by atoms with Crippen LogP contribution in [-0.2, 0) is 14.8 Å². The Kier molecular flexibility index (Phi) is 5.37. The second kappa shape index (κ2) is 5.60. The molecule has 0 aromatic rings. The van der Waals surface area contributed by atoms with Gasteiger partial charge in [-0.15, -0.1) is 0 Å². The minimum atomic E-state index is -3.26. The Hall–Kier alpha value is -0.660. The summed E-state index contributed by atoms with van der Waals surface area (Å²) in [6, 6.07) is 0. The van der Waals surface area contributed by atoms with Gasteiger partial charge in [-0.3, -0.25) is 4.79 Å². The molecule has 0 spiro atoms. The standard InChI is InChI=1S/C9H21N3O3S/c1-9(2,7-10)8(13)11-5-6-16(14,15)12(3)4/h5-7,10H2,1-4H3,(H,11,13). The molecule has 0 aromatic heterocycles. The molecule has 0 aromatic carbocycles. The van der Waals surface area contributed by atoms with Crippen LogP contribution in [0.2, 0.25) is 0 Å². The van der Waals surface area contributed by atoms with Crippen LogP contribution in [0, 0.1) is 5.41 Å². The van der Waals surface area contributed by atoms with Gasteiger partial charge in [-0.2, -0.15) is 0 Å². The van der Waals surface area contributed by atoms with Gasteiger partial charge in [0.25, 0.3) is 0 Å². The topological polar surface area (TPSA) is 92.5 Å². The van der Waals surface area contributed by atoms with Crippen molar-refractivity contribution < 1.29 is 13.2 Å². The zero-order chi connectivity index (χ0) is 13.0. The average molecular weight is 251 g/mol. The van der Waals surface area contributed by atoms with E-state index in [1.54, 1.807) is 13.8 Å². The molecule has 16 heavy (non-hydrogen) atoms. The number of amides is 1. The van der Waals surface area contributed by atoms with Crippen molar-refractivity contribution in [3.63, 3.8) is 0 Å². The number of carbonyl (C=O) groups is 1. The van der Waals surface area contributed by atoms with Crippen LogP contribution in [0.5, 0.6) is 0 Å². The van der Waals surface area contributed by atoms with Crippen LogP contribution >= 0.6 is 0 Å². The lowest BCUT2D eigenvalue weighted by Crippen LogP contribution is -2.44. The van der Waals surface area contributed by atoms with Gasteiger partial charge in [-0.25, -0.2) is 12.7 Å². The molecular weight excluding hydrogens is 230 g/mol. The fourth-order valence-corrected chi connectivity index (χ4v) is 1.53. The van der Waals surface area contributed by atoms with Crippen molar-refractivity contribution >= 4 is 15.9 Å². The fourth-order valence-electron chi connectivity index (χ4n) is 0.808. The molecule has 0 fully saturated rings. The van der Waals surface area contributed by atoms with Crippen molar-refractivity contribution in [2.45, 2.75) is 13.8 Å². The van der Waals surface area contributed by atoms with Gasteiger partial charge >= 0.3 is 0 Å². The number of hydrogen-bond acceptors (Lipinski definition) is 4. The first-order valence-corrected chi connectivity index (χ1v) is 6.63. The summed E-state index contributed by atoms with van der Waals surface area (Å²) in [4.78, 5) is 11.6. The predicted molar refractivity (Wildman–Crippen MR) is 63.3 cm³/mol. The minimum absolute atomic E-state index is 0.1000. The van der Waals surface area contributed by atoms with Crippen LogP contribution in [0.3, 0.4) is 0 Å². The van der Waals surface area contributed by atoms with Gasteiger partial charge < -0.3 is 11.1 Å². The van der Waals surface area contributed by atoms with Gasteiger partial charge in [-0.1, -0.05) is 0 Å². The summed E-state index contributed by atoms with van der Waals surface area (Å²) < 4.78 is 23.9. The molecule has 96 valence electrons. The summed E-state index contributed by atoms with van der Waals surface area (Å²) in [6.07, 6.45) is 0. The first-order valence-electron chi connectivity index (χ1n) is 5.02. The summed E-state index contributed by atoms with van der Waals surface area (Å²) >= 11 is 0. The number of sulfonamides is 1. The quantitative estimate of drug-likeness (QED) is 0.632. The van der Waals surface area contributed by atoms with E-state index in [0.717, 1.165) is 4.31 Å². The molecular formula is C9H21N3O3S. The maximum atomic E-state index is 11.6. The average Bonchev–Trinajstić information content (AvgIpc) is 2.17. The third kappa shape index (κ3) is 4.46. The van der Waals surface area contributed by atoms with Crippen LogP contribution in [0.25, 0.3) is 0 Å². The van der Waals surface area contributed by atoms with Gasteiger partial charge in [0.2, 0.25) is 15.9 Å². The van der Waals surface area contributed by atoms with Crippen molar-refractivity contribution in [2.75, 3.05) is 32.9 Å². The van der Waals surface area contributed by atoms with Crippen molar-refractivity contribution in [1.29, 1.82) is 0 Å². The number of hydrogen-bond donors (Lipinski definition) is 2. The molecule has 0 aliphatic rings. The highest BCUT2D eigenvalue weighted by Gasteiger charge is 2.25. The molecule has 0 saturated heterocycles. The first kappa shape index (κ1) is 15.3. The van der Waals surface area contributed by atoms with Gasteiger partial charge in [-0.05, 0) is 13.8 Å². The summed E-state index contributed by atoms with van der Waals surface area (Å²) in [7, 11) is -0.340. The zero-order valence-electron chi connectivity index (χ0n) is 10.3. The van der Waals surface area contributed by atoms with E-state index in [4.69, 9.17) is 5.73 Å². The van der Waals surface area contributed by atoms with E-state index in [1.807, 2.05) is 0 Å². The number of nitrogens with two attached hydrogens (primary N) is 1.